The smallest absolute Gasteiger partial charge is 0.320 e. The number of hydrogen-bond acceptors (Lipinski definition) is 4. The molecule has 0 aromatic carbocycles. The predicted octanol–water partition coefficient (Wildman–Crippen LogP) is 0.710. The zero-order valence-corrected chi connectivity index (χ0v) is 16.0. The maximum absolute atomic E-state index is 13.0. The number of nitrogens with one attached hydrogen (secondary N) is 1. The molecular formula is C17H32N4O4. The molecule has 0 saturated carbocycles. The van der Waals surface area contributed by atoms with Crippen LogP contribution in [0.2, 0.25) is 0 Å². The van der Waals surface area contributed by atoms with Gasteiger partial charge in [-0.05, 0) is 27.7 Å². The van der Waals surface area contributed by atoms with Crippen molar-refractivity contribution in [2.24, 2.45) is 17.6 Å². The molecule has 3 atom stereocenters. The summed E-state index contributed by atoms with van der Waals surface area (Å²) in [5.74, 6) is -2.21. The molecule has 0 spiro atoms. The van der Waals surface area contributed by atoms with Crippen LogP contribution in [0.15, 0.2) is 0 Å². The van der Waals surface area contributed by atoms with Gasteiger partial charge in [-0.15, -0.1) is 0 Å². The van der Waals surface area contributed by atoms with E-state index >= 15 is 0 Å². The number of carbonyl (C=O) groups excluding carboxylic acids is 2. The Labute approximate surface area is 149 Å². The second kappa shape index (κ2) is 8.51. The third kappa shape index (κ3) is 4.84. The molecule has 0 bridgehead atoms. The molecular weight excluding hydrogens is 324 g/mol. The Balaban J connectivity index is 3.04. The standard InChI is InChI=1S/C17H32N4O4/c1-9(2)15(22)19-7-13-14(18)12(16(23)24)8-20(13)17(25)21(10(3)4)11(5)6/h9-14H,7-8,18H2,1-6H3,(H,19,22)(H,23,24)/t12-,13+,14-/m1/s1. The molecule has 8 heteroatoms. The van der Waals surface area contributed by atoms with Crippen LogP contribution in [-0.2, 0) is 9.59 Å². The molecule has 1 aliphatic heterocycles. The molecule has 0 aromatic heterocycles. The second-order valence-electron chi connectivity index (χ2n) is 7.52. The first-order valence-electron chi connectivity index (χ1n) is 8.84. The Hall–Kier alpha value is -1.83. The molecule has 25 heavy (non-hydrogen) atoms. The molecule has 8 nitrogen and oxygen atoms in total. The van der Waals surface area contributed by atoms with Crippen molar-refractivity contribution >= 4 is 17.9 Å². The lowest BCUT2D eigenvalue weighted by atomic mass is 10.00. The van der Waals surface area contributed by atoms with Gasteiger partial charge in [0.05, 0.1) is 12.0 Å². The normalized spacial score (nSPS) is 23.4. The highest BCUT2D eigenvalue weighted by molar-refractivity contribution is 5.80. The van der Waals surface area contributed by atoms with Crippen molar-refractivity contribution < 1.29 is 19.5 Å². The van der Waals surface area contributed by atoms with Gasteiger partial charge >= 0.3 is 12.0 Å². The van der Waals surface area contributed by atoms with Crippen LogP contribution in [0.5, 0.6) is 0 Å². The fourth-order valence-corrected chi connectivity index (χ4v) is 3.25. The van der Waals surface area contributed by atoms with Crippen molar-refractivity contribution in [3.63, 3.8) is 0 Å². The van der Waals surface area contributed by atoms with Gasteiger partial charge in [-0.1, -0.05) is 13.8 Å². The molecule has 0 unspecified atom stereocenters. The van der Waals surface area contributed by atoms with E-state index in [0.29, 0.717) is 0 Å². The summed E-state index contributed by atoms with van der Waals surface area (Å²) in [5, 5.41) is 12.2. The molecule has 1 fully saturated rings. The molecule has 1 heterocycles. The Kier molecular flexibility index (Phi) is 7.22. The molecule has 1 rings (SSSR count). The van der Waals surface area contributed by atoms with Crippen molar-refractivity contribution in [2.75, 3.05) is 13.1 Å². The zero-order chi connectivity index (χ0) is 19.5. The van der Waals surface area contributed by atoms with Gasteiger partial charge in [-0.2, -0.15) is 0 Å². The van der Waals surface area contributed by atoms with Gasteiger partial charge in [0.2, 0.25) is 5.91 Å². The Morgan fingerprint density at radius 1 is 1.16 bits per heavy atom. The first-order valence-corrected chi connectivity index (χ1v) is 8.84. The summed E-state index contributed by atoms with van der Waals surface area (Å²) in [6.07, 6.45) is 0. The van der Waals surface area contributed by atoms with Crippen LogP contribution in [0, 0.1) is 11.8 Å². The van der Waals surface area contributed by atoms with Gasteiger partial charge in [-0.3, -0.25) is 9.59 Å². The van der Waals surface area contributed by atoms with E-state index in [-0.39, 0.29) is 43.0 Å². The summed E-state index contributed by atoms with van der Waals surface area (Å²) in [7, 11) is 0. The lowest BCUT2D eigenvalue weighted by Gasteiger charge is -2.37. The molecule has 0 aliphatic carbocycles. The summed E-state index contributed by atoms with van der Waals surface area (Å²) in [5.41, 5.74) is 6.12. The highest BCUT2D eigenvalue weighted by Gasteiger charge is 2.47. The number of amides is 3. The first kappa shape index (κ1) is 21.2. The van der Waals surface area contributed by atoms with Crippen molar-refractivity contribution in [1.29, 1.82) is 0 Å². The van der Waals surface area contributed by atoms with E-state index < -0.39 is 24.0 Å². The van der Waals surface area contributed by atoms with Crippen LogP contribution in [-0.4, -0.2) is 70.1 Å². The highest BCUT2D eigenvalue weighted by atomic mass is 16.4. The fourth-order valence-electron chi connectivity index (χ4n) is 3.25. The Morgan fingerprint density at radius 3 is 2.08 bits per heavy atom. The zero-order valence-electron chi connectivity index (χ0n) is 16.0. The van der Waals surface area contributed by atoms with Gasteiger partial charge in [-0.25, -0.2) is 4.79 Å². The van der Waals surface area contributed by atoms with E-state index in [1.54, 1.807) is 18.7 Å². The number of nitrogens with zero attached hydrogens (tertiary/aromatic N) is 2. The van der Waals surface area contributed by atoms with Crippen molar-refractivity contribution in [1.82, 2.24) is 15.1 Å². The van der Waals surface area contributed by atoms with Crippen LogP contribution in [0.25, 0.3) is 0 Å². The fraction of sp³-hybridized carbons (Fsp3) is 0.824. The molecule has 4 N–H and O–H groups in total. The monoisotopic (exact) mass is 356 g/mol. The van der Waals surface area contributed by atoms with E-state index in [1.807, 2.05) is 27.7 Å². The molecule has 144 valence electrons. The molecule has 0 aromatic rings. The SMILES string of the molecule is CC(C)C(=O)NC[C@H]1[C@H](N)[C@H](C(=O)O)CN1C(=O)N(C(C)C)C(C)C. The third-order valence-corrected chi connectivity index (χ3v) is 4.61. The minimum Gasteiger partial charge on any atom is -0.481 e. The number of aliphatic carboxylic acids is 1. The van der Waals surface area contributed by atoms with Crippen LogP contribution < -0.4 is 11.1 Å². The summed E-state index contributed by atoms with van der Waals surface area (Å²) in [6, 6.07) is -1.57. The number of carboxylic acid groups (broad SMARTS) is 1. The van der Waals surface area contributed by atoms with E-state index in [1.165, 1.54) is 4.90 Å². The minimum atomic E-state index is -1.02. The predicted molar refractivity (Wildman–Crippen MR) is 94.9 cm³/mol. The topological polar surface area (TPSA) is 116 Å². The lowest BCUT2D eigenvalue weighted by molar-refractivity contribution is -0.141. The number of nitrogens with two attached hydrogens (primary N) is 1. The van der Waals surface area contributed by atoms with Crippen molar-refractivity contribution in [3.05, 3.63) is 0 Å². The van der Waals surface area contributed by atoms with Crippen LogP contribution in [0.4, 0.5) is 4.79 Å². The summed E-state index contributed by atoms with van der Waals surface area (Å²) in [6.45, 7) is 11.4. The number of likely N-dealkylation sites (tertiary alicyclic amines) is 1. The molecule has 1 saturated heterocycles. The number of carboxylic acids is 1. The van der Waals surface area contributed by atoms with Gasteiger partial charge in [0, 0.05) is 37.1 Å². The van der Waals surface area contributed by atoms with Crippen LogP contribution in [0.1, 0.15) is 41.5 Å². The van der Waals surface area contributed by atoms with E-state index in [9.17, 15) is 19.5 Å². The van der Waals surface area contributed by atoms with E-state index in [4.69, 9.17) is 5.73 Å². The number of rotatable bonds is 6. The van der Waals surface area contributed by atoms with Crippen LogP contribution in [0.3, 0.4) is 0 Å². The minimum absolute atomic E-state index is 0.0292. The lowest BCUT2D eigenvalue weighted by Crippen LogP contribution is -2.56. The number of carbonyl (C=O) groups is 3. The number of hydrogen-bond donors (Lipinski definition) is 3. The van der Waals surface area contributed by atoms with Gasteiger partial charge in [0.25, 0.3) is 0 Å². The average molecular weight is 356 g/mol. The Morgan fingerprint density at radius 2 is 1.68 bits per heavy atom. The van der Waals surface area contributed by atoms with Crippen molar-refractivity contribution in [3.8, 4) is 0 Å². The Bertz CT molecular complexity index is 499. The van der Waals surface area contributed by atoms with Crippen molar-refractivity contribution in [2.45, 2.75) is 65.7 Å². The van der Waals surface area contributed by atoms with Crippen LogP contribution >= 0.6 is 0 Å². The number of urea groups is 1. The third-order valence-electron chi connectivity index (χ3n) is 4.61. The molecule has 3 amide bonds. The molecule has 0 radical (unpaired) electrons. The summed E-state index contributed by atoms with van der Waals surface area (Å²) >= 11 is 0. The van der Waals surface area contributed by atoms with Gasteiger partial charge in [0.1, 0.15) is 0 Å². The van der Waals surface area contributed by atoms with Gasteiger partial charge in [0.15, 0.2) is 0 Å². The average Bonchev–Trinajstić information content (AvgIpc) is 2.80. The van der Waals surface area contributed by atoms with E-state index in [0.717, 1.165) is 0 Å². The second-order valence-corrected chi connectivity index (χ2v) is 7.52. The maximum Gasteiger partial charge on any atom is 0.320 e. The quantitative estimate of drug-likeness (QED) is 0.648. The molecule has 1 aliphatic rings. The highest BCUT2D eigenvalue weighted by Crippen LogP contribution is 2.25. The largest absolute Gasteiger partial charge is 0.481 e. The first-order chi connectivity index (χ1) is 11.5. The van der Waals surface area contributed by atoms with Gasteiger partial charge < -0.3 is 26.0 Å². The summed E-state index contributed by atoms with van der Waals surface area (Å²) in [4.78, 5) is 39.6. The van der Waals surface area contributed by atoms with E-state index in [2.05, 4.69) is 5.32 Å². The maximum atomic E-state index is 13.0. The summed E-state index contributed by atoms with van der Waals surface area (Å²) < 4.78 is 0.